The highest BCUT2D eigenvalue weighted by Crippen LogP contribution is 2.41. The van der Waals surface area contributed by atoms with Crippen molar-refractivity contribution in [2.24, 2.45) is 17.8 Å². The number of esters is 2. The van der Waals surface area contributed by atoms with E-state index >= 15 is 0 Å². The SMILES string of the molecule is CCOC(=O)C(C(=O)OCC1CC2=CC(C)CC(C2)C1)S(=O)(=O)O. The van der Waals surface area contributed by atoms with Gasteiger partial charge in [0.1, 0.15) is 0 Å². The third kappa shape index (κ3) is 4.80. The average molecular weight is 360 g/mol. The first kappa shape index (κ1) is 18.9. The van der Waals surface area contributed by atoms with Gasteiger partial charge in [0, 0.05) is 0 Å². The van der Waals surface area contributed by atoms with E-state index in [1.807, 2.05) is 0 Å². The van der Waals surface area contributed by atoms with E-state index in [1.165, 1.54) is 12.5 Å². The third-order valence-electron chi connectivity index (χ3n) is 4.47. The molecule has 0 amide bonds. The molecule has 24 heavy (non-hydrogen) atoms. The summed E-state index contributed by atoms with van der Waals surface area (Å²) in [6.45, 7) is 3.59. The van der Waals surface area contributed by atoms with Crippen LogP contribution < -0.4 is 0 Å². The highest BCUT2D eigenvalue weighted by Gasteiger charge is 2.42. The van der Waals surface area contributed by atoms with E-state index in [4.69, 9.17) is 9.29 Å². The Hall–Kier alpha value is -1.41. The van der Waals surface area contributed by atoms with Crippen LogP contribution in [0, 0.1) is 17.8 Å². The highest BCUT2D eigenvalue weighted by molar-refractivity contribution is 7.88. The first-order chi connectivity index (χ1) is 11.2. The van der Waals surface area contributed by atoms with Gasteiger partial charge in [0.05, 0.1) is 13.2 Å². The lowest BCUT2D eigenvalue weighted by molar-refractivity contribution is -0.154. The minimum atomic E-state index is -4.92. The topological polar surface area (TPSA) is 107 Å². The Morgan fingerprint density at radius 2 is 1.92 bits per heavy atom. The van der Waals surface area contributed by atoms with Crippen LogP contribution in [0.25, 0.3) is 0 Å². The second-order valence-electron chi connectivity index (χ2n) is 6.69. The monoisotopic (exact) mass is 360 g/mol. The fourth-order valence-electron chi connectivity index (χ4n) is 3.73. The lowest BCUT2D eigenvalue weighted by Gasteiger charge is -2.36. The molecule has 2 aliphatic rings. The summed E-state index contributed by atoms with van der Waals surface area (Å²) in [5.74, 6) is -1.37. The molecule has 0 spiro atoms. The molecule has 1 fully saturated rings. The number of hydrogen-bond acceptors (Lipinski definition) is 6. The van der Waals surface area contributed by atoms with E-state index < -0.39 is 27.3 Å². The molecule has 8 heteroatoms. The first-order valence-electron chi connectivity index (χ1n) is 8.19. The number of rotatable bonds is 6. The number of carbonyl (C=O) groups is 2. The molecule has 2 bridgehead atoms. The van der Waals surface area contributed by atoms with Gasteiger partial charge >= 0.3 is 11.9 Å². The second-order valence-corrected chi connectivity index (χ2v) is 8.19. The molecule has 1 N–H and O–H groups in total. The summed E-state index contributed by atoms with van der Waals surface area (Å²) in [5, 5.41) is -2.33. The lowest BCUT2D eigenvalue weighted by atomic mass is 9.71. The first-order valence-corrected chi connectivity index (χ1v) is 9.70. The van der Waals surface area contributed by atoms with Gasteiger partial charge in [0.15, 0.2) is 0 Å². The van der Waals surface area contributed by atoms with E-state index in [0.717, 1.165) is 25.7 Å². The van der Waals surface area contributed by atoms with E-state index in [0.29, 0.717) is 11.8 Å². The van der Waals surface area contributed by atoms with Gasteiger partial charge in [0.25, 0.3) is 15.4 Å². The minimum absolute atomic E-state index is 0.0342. The van der Waals surface area contributed by atoms with Crippen molar-refractivity contribution in [1.82, 2.24) is 0 Å². The van der Waals surface area contributed by atoms with Crippen LogP contribution in [0.15, 0.2) is 11.6 Å². The molecule has 0 saturated heterocycles. The molecule has 0 aromatic heterocycles. The summed E-state index contributed by atoms with van der Waals surface area (Å²) < 4.78 is 41.2. The second kappa shape index (κ2) is 7.65. The van der Waals surface area contributed by atoms with Gasteiger partial charge in [-0.2, -0.15) is 8.42 Å². The van der Waals surface area contributed by atoms with Crippen molar-refractivity contribution in [3.05, 3.63) is 11.6 Å². The number of fused-ring (bicyclic) bond motifs is 2. The van der Waals surface area contributed by atoms with Crippen LogP contribution in [0.4, 0.5) is 0 Å². The Morgan fingerprint density at radius 1 is 1.25 bits per heavy atom. The van der Waals surface area contributed by atoms with Crippen LogP contribution in [-0.2, 0) is 29.2 Å². The Balaban J connectivity index is 1.96. The molecule has 7 nitrogen and oxygen atoms in total. The summed E-state index contributed by atoms with van der Waals surface area (Å²) in [6, 6.07) is 0. The van der Waals surface area contributed by atoms with Crippen LogP contribution in [0.2, 0.25) is 0 Å². The number of allylic oxidation sites excluding steroid dienone is 2. The van der Waals surface area contributed by atoms with Crippen molar-refractivity contribution in [2.75, 3.05) is 13.2 Å². The zero-order chi connectivity index (χ0) is 17.9. The maximum absolute atomic E-state index is 12.0. The van der Waals surface area contributed by atoms with Gasteiger partial charge in [-0.3, -0.25) is 4.55 Å². The Bertz CT molecular complexity index is 622. The lowest BCUT2D eigenvalue weighted by Crippen LogP contribution is -2.41. The number of ether oxygens (including phenoxy) is 2. The molecule has 4 atom stereocenters. The largest absolute Gasteiger partial charge is 0.465 e. The van der Waals surface area contributed by atoms with Gasteiger partial charge in [0.2, 0.25) is 0 Å². The molecule has 1 saturated carbocycles. The summed E-state index contributed by atoms with van der Waals surface area (Å²) in [6.07, 6.45) is 6.15. The van der Waals surface area contributed by atoms with Crippen molar-refractivity contribution in [2.45, 2.75) is 44.8 Å². The molecule has 0 aromatic rings. The standard InChI is InChI=1S/C16H24O7S/c1-3-22-15(17)14(24(19,20)21)16(18)23-9-13-7-11-4-10(2)5-12(6-11)8-13/h4,10,12-14H,3,5-9H2,1-2H3,(H,19,20,21). The third-order valence-corrected chi connectivity index (χ3v) is 5.45. The van der Waals surface area contributed by atoms with E-state index in [2.05, 4.69) is 17.7 Å². The van der Waals surface area contributed by atoms with Gasteiger partial charge < -0.3 is 9.47 Å². The van der Waals surface area contributed by atoms with Crippen molar-refractivity contribution >= 4 is 22.1 Å². The maximum atomic E-state index is 12.0. The zero-order valence-electron chi connectivity index (χ0n) is 13.9. The summed E-state index contributed by atoms with van der Waals surface area (Å²) >= 11 is 0. The molecule has 136 valence electrons. The molecule has 0 radical (unpaired) electrons. The van der Waals surface area contributed by atoms with Crippen LogP contribution in [0.3, 0.4) is 0 Å². The molecular formula is C16H24O7S. The van der Waals surface area contributed by atoms with Crippen LogP contribution in [0.5, 0.6) is 0 Å². The predicted molar refractivity (Wildman–Crippen MR) is 85.6 cm³/mol. The van der Waals surface area contributed by atoms with Crippen molar-refractivity contribution < 1.29 is 32.0 Å². The average Bonchev–Trinajstić information content (AvgIpc) is 2.42. The molecular weight excluding hydrogens is 336 g/mol. The molecule has 0 heterocycles. The fourth-order valence-corrected chi connectivity index (χ4v) is 4.36. The Morgan fingerprint density at radius 3 is 2.50 bits per heavy atom. The van der Waals surface area contributed by atoms with Crippen LogP contribution >= 0.6 is 0 Å². The molecule has 2 rings (SSSR count). The van der Waals surface area contributed by atoms with Gasteiger partial charge in [-0.15, -0.1) is 0 Å². The van der Waals surface area contributed by atoms with E-state index in [9.17, 15) is 18.0 Å². The van der Waals surface area contributed by atoms with Crippen molar-refractivity contribution in [3.63, 3.8) is 0 Å². The highest BCUT2D eigenvalue weighted by atomic mass is 32.2. The zero-order valence-corrected chi connectivity index (χ0v) is 14.8. The molecule has 4 unspecified atom stereocenters. The summed E-state index contributed by atoms with van der Waals surface area (Å²) in [5.41, 5.74) is 1.35. The van der Waals surface area contributed by atoms with Crippen molar-refractivity contribution in [3.8, 4) is 0 Å². The number of hydrogen-bond donors (Lipinski definition) is 1. The molecule has 0 aliphatic heterocycles. The Labute approximate surface area is 142 Å². The van der Waals surface area contributed by atoms with E-state index in [-0.39, 0.29) is 19.1 Å². The van der Waals surface area contributed by atoms with Gasteiger partial charge in [-0.25, -0.2) is 9.59 Å². The van der Waals surface area contributed by atoms with Crippen LogP contribution in [-0.4, -0.2) is 43.4 Å². The van der Waals surface area contributed by atoms with Crippen LogP contribution in [0.1, 0.15) is 39.5 Å². The minimum Gasteiger partial charge on any atom is -0.465 e. The smallest absolute Gasteiger partial charge is 0.338 e. The summed E-state index contributed by atoms with van der Waals surface area (Å²) in [7, 11) is -4.92. The van der Waals surface area contributed by atoms with Crippen molar-refractivity contribution in [1.29, 1.82) is 0 Å². The number of carbonyl (C=O) groups excluding carboxylic acids is 2. The normalized spacial score (nSPS) is 27.8. The van der Waals surface area contributed by atoms with Gasteiger partial charge in [-0.05, 0) is 50.4 Å². The summed E-state index contributed by atoms with van der Waals surface area (Å²) in [4.78, 5) is 23.6. The Kier molecular flexibility index (Phi) is 6.03. The maximum Gasteiger partial charge on any atom is 0.338 e. The quantitative estimate of drug-likeness (QED) is 0.333. The predicted octanol–water partition coefficient (Wildman–Crippen LogP) is 1.73. The molecule has 0 aromatic carbocycles. The fraction of sp³-hybridized carbons (Fsp3) is 0.750. The molecule has 2 aliphatic carbocycles. The van der Waals surface area contributed by atoms with Gasteiger partial charge in [-0.1, -0.05) is 18.6 Å². The van der Waals surface area contributed by atoms with E-state index in [1.54, 1.807) is 0 Å².